The van der Waals surface area contributed by atoms with Gasteiger partial charge in [-0.15, -0.1) is 0 Å². The molecule has 1 aromatic carbocycles. The highest BCUT2D eigenvalue weighted by Crippen LogP contribution is 2.21. The summed E-state index contributed by atoms with van der Waals surface area (Å²) < 4.78 is 26.0. The molecule has 1 rings (SSSR count). The lowest BCUT2D eigenvalue weighted by Gasteiger charge is -2.25. The van der Waals surface area contributed by atoms with Crippen molar-refractivity contribution in [3.8, 4) is 0 Å². The maximum Gasteiger partial charge on any atom is 0.304 e. The van der Waals surface area contributed by atoms with Crippen LogP contribution in [0.15, 0.2) is 29.2 Å². The van der Waals surface area contributed by atoms with E-state index < -0.39 is 16.0 Å². The molecule has 0 saturated heterocycles. The number of carbonyl (C=O) groups is 1. The minimum Gasteiger partial charge on any atom is -0.481 e. The second kappa shape index (κ2) is 6.36. The molecule has 0 heterocycles. The Balaban J connectivity index is 3.09. The topological polar surface area (TPSA) is 74.7 Å². The molecule has 19 heavy (non-hydrogen) atoms. The van der Waals surface area contributed by atoms with Crippen molar-refractivity contribution in [1.82, 2.24) is 4.31 Å². The highest BCUT2D eigenvalue weighted by Gasteiger charge is 2.27. The SMILES string of the molecule is CC(C)N(CCC(=O)O)S(=O)(=O)c1cccc(Cl)c1. The van der Waals surface area contributed by atoms with Crippen LogP contribution >= 0.6 is 11.6 Å². The second-order valence-corrected chi connectivity index (χ2v) is 6.64. The Hall–Kier alpha value is -1.11. The molecule has 106 valence electrons. The van der Waals surface area contributed by atoms with Gasteiger partial charge in [0.15, 0.2) is 0 Å². The quantitative estimate of drug-likeness (QED) is 0.874. The Morgan fingerprint density at radius 3 is 2.53 bits per heavy atom. The van der Waals surface area contributed by atoms with Gasteiger partial charge in [-0.1, -0.05) is 17.7 Å². The summed E-state index contributed by atoms with van der Waals surface area (Å²) in [4.78, 5) is 10.7. The number of aliphatic carboxylic acids is 1. The minimum atomic E-state index is -3.73. The van der Waals surface area contributed by atoms with E-state index in [-0.39, 0.29) is 23.9 Å². The summed E-state index contributed by atoms with van der Waals surface area (Å²) in [6.07, 6.45) is -0.238. The number of hydrogen-bond acceptors (Lipinski definition) is 3. The Labute approximate surface area is 117 Å². The van der Waals surface area contributed by atoms with Gasteiger partial charge in [0, 0.05) is 17.6 Å². The molecule has 0 atom stereocenters. The van der Waals surface area contributed by atoms with Crippen LogP contribution in [0.3, 0.4) is 0 Å². The van der Waals surface area contributed by atoms with Crippen LogP contribution in [0.4, 0.5) is 0 Å². The summed E-state index contributed by atoms with van der Waals surface area (Å²) in [5.41, 5.74) is 0. The monoisotopic (exact) mass is 305 g/mol. The third-order valence-electron chi connectivity index (χ3n) is 2.52. The van der Waals surface area contributed by atoms with Crippen molar-refractivity contribution < 1.29 is 18.3 Å². The molecule has 5 nitrogen and oxygen atoms in total. The van der Waals surface area contributed by atoms with Crippen LogP contribution in [-0.4, -0.2) is 36.4 Å². The number of nitrogens with zero attached hydrogens (tertiary/aromatic N) is 1. The number of hydrogen-bond donors (Lipinski definition) is 1. The highest BCUT2D eigenvalue weighted by molar-refractivity contribution is 7.89. The molecular formula is C12H16ClNO4S. The van der Waals surface area contributed by atoms with E-state index >= 15 is 0 Å². The Morgan fingerprint density at radius 2 is 2.05 bits per heavy atom. The molecule has 0 aromatic heterocycles. The van der Waals surface area contributed by atoms with Crippen LogP contribution in [0.2, 0.25) is 5.02 Å². The van der Waals surface area contributed by atoms with Gasteiger partial charge in [-0.3, -0.25) is 4.79 Å². The molecule has 0 spiro atoms. The van der Waals surface area contributed by atoms with Crippen molar-refractivity contribution in [2.45, 2.75) is 31.2 Å². The maximum atomic E-state index is 12.4. The molecule has 0 aliphatic heterocycles. The van der Waals surface area contributed by atoms with Gasteiger partial charge >= 0.3 is 5.97 Å². The molecule has 1 aromatic rings. The molecule has 1 N–H and O–H groups in total. The number of carboxylic acids is 1. The van der Waals surface area contributed by atoms with Gasteiger partial charge in [-0.25, -0.2) is 8.42 Å². The summed E-state index contributed by atoms with van der Waals surface area (Å²) >= 11 is 5.79. The van der Waals surface area contributed by atoms with E-state index in [4.69, 9.17) is 16.7 Å². The lowest BCUT2D eigenvalue weighted by atomic mass is 10.3. The first-order valence-corrected chi connectivity index (χ1v) is 7.56. The second-order valence-electron chi connectivity index (χ2n) is 4.31. The Morgan fingerprint density at radius 1 is 1.42 bits per heavy atom. The normalized spacial score (nSPS) is 12.1. The third kappa shape index (κ3) is 4.19. The van der Waals surface area contributed by atoms with Crippen LogP contribution in [-0.2, 0) is 14.8 Å². The van der Waals surface area contributed by atoms with Crippen molar-refractivity contribution in [3.05, 3.63) is 29.3 Å². The molecule has 0 saturated carbocycles. The van der Waals surface area contributed by atoms with E-state index in [1.54, 1.807) is 26.0 Å². The van der Waals surface area contributed by atoms with Crippen LogP contribution in [0.25, 0.3) is 0 Å². The van der Waals surface area contributed by atoms with E-state index in [2.05, 4.69) is 0 Å². The molecule has 0 aliphatic carbocycles. The molecule has 0 aliphatic rings. The summed E-state index contributed by atoms with van der Waals surface area (Å²) in [6, 6.07) is 5.59. The average Bonchev–Trinajstić information content (AvgIpc) is 2.27. The summed E-state index contributed by atoms with van der Waals surface area (Å²) in [6.45, 7) is 3.33. The molecule has 0 bridgehead atoms. The highest BCUT2D eigenvalue weighted by atomic mass is 35.5. The zero-order chi connectivity index (χ0) is 14.6. The van der Waals surface area contributed by atoms with Crippen LogP contribution < -0.4 is 0 Å². The predicted octanol–water partition coefficient (Wildman–Crippen LogP) is 2.21. The van der Waals surface area contributed by atoms with Crippen molar-refractivity contribution in [2.75, 3.05) is 6.54 Å². The van der Waals surface area contributed by atoms with Crippen molar-refractivity contribution in [3.63, 3.8) is 0 Å². The zero-order valence-electron chi connectivity index (χ0n) is 10.7. The standard InChI is InChI=1S/C12H16ClNO4S/c1-9(2)14(7-6-12(15)16)19(17,18)11-5-3-4-10(13)8-11/h3-5,8-9H,6-7H2,1-2H3,(H,15,16). The first-order valence-electron chi connectivity index (χ1n) is 5.74. The summed E-state index contributed by atoms with van der Waals surface area (Å²) in [5, 5.41) is 9.00. The fraction of sp³-hybridized carbons (Fsp3) is 0.417. The smallest absolute Gasteiger partial charge is 0.304 e. The van der Waals surface area contributed by atoms with Gasteiger partial charge < -0.3 is 5.11 Å². The molecule has 7 heteroatoms. The Bertz CT molecular complexity index is 557. The first-order chi connectivity index (χ1) is 8.75. The molecule has 0 fully saturated rings. The van der Waals surface area contributed by atoms with Gasteiger partial charge in [0.2, 0.25) is 10.0 Å². The predicted molar refractivity (Wildman–Crippen MR) is 72.7 cm³/mol. The molecule has 0 amide bonds. The fourth-order valence-electron chi connectivity index (χ4n) is 1.62. The van der Waals surface area contributed by atoms with Gasteiger partial charge in [0.1, 0.15) is 0 Å². The Kier molecular flexibility index (Phi) is 5.34. The van der Waals surface area contributed by atoms with Gasteiger partial charge in [0.25, 0.3) is 0 Å². The van der Waals surface area contributed by atoms with Gasteiger partial charge in [0.05, 0.1) is 11.3 Å². The van der Waals surface area contributed by atoms with E-state index in [0.717, 1.165) is 4.31 Å². The third-order valence-corrected chi connectivity index (χ3v) is 4.83. The lowest BCUT2D eigenvalue weighted by Crippen LogP contribution is -2.38. The largest absolute Gasteiger partial charge is 0.481 e. The van der Waals surface area contributed by atoms with Crippen molar-refractivity contribution in [2.24, 2.45) is 0 Å². The fourth-order valence-corrected chi connectivity index (χ4v) is 3.56. The van der Waals surface area contributed by atoms with Crippen LogP contribution in [0.5, 0.6) is 0 Å². The number of benzene rings is 1. The van der Waals surface area contributed by atoms with E-state index in [0.29, 0.717) is 5.02 Å². The average molecular weight is 306 g/mol. The van der Waals surface area contributed by atoms with Crippen LogP contribution in [0.1, 0.15) is 20.3 Å². The number of carboxylic acid groups (broad SMARTS) is 1. The lowest BCUT2D eigenvalue weighted by molar-refractivity contribution is -0.137. The molecular weight excluding hydrogens is 290 g/mol. The van der Waals surface area contributed by atoms with Crippen molar-refractivity contribution >= 4 is 27.6 Å². The maximum absolute atomic E-state index is 12.4. The number of rotatable bonds is 6. The van der Waals surface area contributed by atoms with E-state index in [9.17, 15) is 13.2 Å². The number of sulfonamides is 1. The minimum absolute atomic E-state index is 0.0676. The van der Waals surface area contributed by atoms with E-state index in [1.165, 1.54) is 12.1 Å². The first kappa shape index (κ1) is 15.9. The summed E-state index contributed by atoms with van der Waals surface area (Å²) in [5.74, 6) is -1.04. The van der Waals surface area contributed by atoms with E-state index in [1.807, 2.05) is 0 Å². The zero-order valence-corrected chi connectivity index (χ0v) is 12.3. The number of halogens is 1. The molecule has 0 unspecified atom stereocenters. The van der Waals surface area contributed by atoms with Crippen LogP contribution in [0, 0.1) is 0 Å². The van der Waals surface area contributed by atoms with Gasteiger partial charge in [-0.2, -0.15) is 4.31 Å². The van der Waals surface area contributed by atoms with Gasteiger partial charge in [-0.05, 0) is 32.0 Å². The molecule has 0 radical (unpaired) electrons. The van der Waals surface area contributed by atoms with Crippen molar-refractivity contribution in [1.29, 1.82) is 0 Å². The summed E-state index contributed by atoms with van der Waals surface area (Å²) in [7, 11) is -3.73.